The minimum absolute atomic E-state index is 0.0462. The zero-order chi connectivity index (χ0) is 22.8. The van der Waals surface area contributed by atoms with Crippen LogP contribution in [0.15, 0.2) is 42.5 Å². The molecule has 1 aliphatic heterocycles. The fourth-order valence-electron chi connectivity index (χ4n) is 3.83. The Balaban J connectivity index is 1.57. The van der Waals surface area contributed by atoms with Crippen LogP contribution >= 0.6 is 0 Å². The Morgan fingerprint density at radius 2 is 1.78 bits per heavy atom. The van der Waals surface area contributed by atoms with Crippen molar-refractivity contribution in [3.05, 3.63) is 53.6 Å². The molecular weight excluding hydrogens is 404 g/mol. The number of rotatable bonds is 11. The standard InChI is InChI=1S/C26H36N2O4/c1-4-5-6-7-16-32-24-13-10-22(19-25(24)30-3)26(29)27(2)20-21-8-11-23(12-9-21)28-14-17-31-18-15-28/h8-13,19H,4-7,14-18,20H2,1-3H3. The van der Waals surface area contributed by atoms with Crippen molar-refractivity contribution in [1.29, 1.82) is 0 Å². The highest BCUT2D eigenvalue weighted by Crippen LogP contribution is 2.29. The lowest BCUT2D eigenvalue weighted by molar-refractivity contribution is 0.0784. The molecule has 0 N–H and O–H groups in total. The van der Waals surface area contributed by atoms with Crippen LogP contribution in [-0.2, 0) is 11.3 Å². The minimum Gasteiger partial charge on any atom is -0.493 e. The van der Waals surface area contributed by atoms with Crippen LogP contribution in [0, 0.1) is 0 Å². The Kier molecular flexibility index (Phi) is 9.23. The second-order valence-corrected chi connectivity index (χ2v) is 8.20. The molecule has 6 heteroatoms. The van der Waals surface area contributed by atoms with Crippen molar-refractivity contribution in [3.8, 4) is 11.5 Å². The fourth-order valence-corrected chi connectivity index (χ4v) is 3.83. The molecule has 0 unspecified atom stereocenters. The van der Waals surface area contributed by atoms with Gasteiger partial charge in [0.25, 0.3) is 5.91 Å². The third-order valence-corrected chi connectivity index (χ3v) is 5.75. The molecule has 1 amide bonds. The molecule has 0 atom stereocenters. The third-order valence-electron chi connectivity index (χ3n) is 5.75. The summed E-state index contributed by atoms with van der Waals surface area (Å²) in [7, 11) is 3.43. The highest BCUT2D eigenvalue weighted by atomic mass is 16.5. The molecule has 1 aliphatic rings. The average molecular weight is 441 g/mol. The highest BCUT2D eigenvalue weighted by molar-refractivity contribution is 5.94. The van der Waals surface area contributed by atoms with E-state index in [4.69, 9.17) is 14.2 Å². The maximum atomic E-state index is 13.0. The van der Waals surface area contributed by atoms with E-state index in [-0.39, 0.29) is 5.91 Å². The number of carbonyl (C=O) groups excluding carboxylic acids is 1. The summed E-state index contributed by atoms with van der Waals surface area (Å²) in [6, 6.07) is 13.8. The van der Waals surface area contributed by atoms with E-state index in [0.717, 1.165) is 44.7 Å². The molecule has 0 aliphatic carbocycles. The molecule has 1 fully saturated rings. The number of anilines is 1. The zero-order valence-corrected chi connectivity index (χ0v) is 19.6. The first-order valence-electron chi connectivity index (χ1n) is 11.6. The first-order valence-corrected chi connectivity index (χ1v) is 11.6. The normalized spacial score (nSPS) is 13.7. The summed E-state index contributed by atoms with van der Waals surface area (Å²) < 4.78 is 16.8. The largest absolute Gasteiger partial charge is 0.493 e. The van der Waals surface area contributed by atoms with Gasteiger partial charge in [-0.3, -0.25) is 4.79 Å². The Labute approximate surface area is 192 Å². The van der Waals surface area contributed by atoms with Crippen molar-refractivity contribution >= 4 is 11.6 Å². The minimum atomic E-state index is -0.0462. The molecule has 0 aromatic heterocycles. The SMILES string of the molecule is CCCCCCOc1ccc(C(=O)N(C)Cc2ccc(N3CCOCC3)cc2)cc1OC. The number of nitrogens with zero attached hydrogens (tertiary/aromatic N) is 2. The first kappa shape index (κ1) is 23.9. The van der Waals surface area contributed by atoms with Gasteiger partial charge in [0.05, 0.1) is 26.9 Å². The lowest BCUT2D eigenvalue weighted by Gasteiger charge is -2.29. The monoisotopic (exact) mass is 440 g/mol. The van der Waals surface area contributed by atoms with Crippen molar-refractivity contribution in [3.63, 3.8) is 0 Å². The van der Waals surface area contributed by atoms with E-state index in [2.05, 4.69) is 36.1 Å². The van der Waals surface area contributed by atoms with Gasteiger partial charge < -0.3 is 24.0 Å². The van der Waals surface area contributed by atoms with E-state index in [1.54, 1.807) is 18.1 Å². The topological polar surface area (TPSA) is 51.2 Å². The molecule has 174 valence electrons. The number of methoxy groups -OCH3 is 1. The highest BCUT2D eigenvalue weighted by Gasteiger charge is 2.16. The number of ether oxygens (including phenoxy) is 3. The van der Waals surface area contributed by atoms with Gasteiger partial charge in [-0.05, 0) is 42.3 Å². The number of hydrogen-bond acceptors (Lipinski definition) is 5. The smallest absolute Gasteiger partial charge is 0.254 e. The van der Waals surface area contributed by atoms with E-state index in [9.17, 15) is 4.79 Å². The number of carbonyl (C=O) groups is 1. The molecule has 0 bridgehead atoms. The van der Waals surface area contributed by atoms with Crippen LogP contribution in [0.4, 0.5) is 5.69 Å². The van der Waals surface area contributed by atoms with Gasteiger partial charge in [0, 0.05) is 37.9 Å². The zero-order valence-electron chi connectivity index (χ0n) is 19.6. The summed E-state index contributed by atoms with van der Waals surface area (Å²) in [6.07, 6.45) is 4.60. The van der Waals surface area contributed by atoms with E-state index in [0.29, 0.717) is 30.2 Å². The molecule has 32 heavy (non-hydrogen) atoms. The molecule has 1 saturated heterocycles. The van der Waals surface area contributed by atoms with Crippen molar-refractivity contribution < 1.29 is 19.0 Å². The van der Waals surface area contributed by atoms with Gasteiger partial charge >= 0.3 is 0 Å². The van der Waals surface area contributed by atoms with Crippen LogP contribution in [0.25, 0.3) is 0 Å². The Morgan fingerprint density at radius 1 is 1.03 bits per heavy atom. The molecule has 1 heterocycles. The van der Waals surface area contributed by atoms with E-state index in [1.165, 1.54) is 18.5 Å². The summed E-state index contributed by atoms with van der Waals surface area (Å²) >= 11 is 0. The molecule has 2 aromatic carbocycles. The van der Waals surface area contributed by atoms with Crippen molar-refractivity contribution in [2.24, 2.45) is 0 Å². The summed E-state index contributed by atoms with van der Waals surface area (Å²) in [5, 5.41) is 0. The molecule has 3 rings (SSSR count). The number of unbranched alkanes of at least 4 members (excludes halogenated alkanes) is 3. The van der Waals surface area contributed by atoms with Crippen LogP contribution in [0.5, 0.6) is 11.5 Å². The van der Waals surface area contributed by atoms with Crippen LogP contribution in [0.1, 0.15) is 48.5 Å². The quantitative estimate of drug-likeness (QED) is 0.472. The van der Waals surface area contributed by atoms with E-state index < -0.39 is 0 Å². The maximum absolute atomic E-state index is 13.0. The lowest BCUT2D eigenvalue weighted by atomic mass is 10.1. The fraction of sp³-hybridized carbons (Fsp3) is 0.500. The molecule has 0 radical (unpaired) electrons. The molecular formula is C26H36N2O4. The van der Waals surface area contributed by atoms with Crippen molar-refractivity contribution in [1.82, 2.24) is 4.90 Å². The van der Waals surface area contributed by atoms with Crippen molar-refractivity contribution in [2.75, 3.05) is 52.0 Å². The van der Waals surface area contributed by atoms with Gasteiger partial charge in [-0.25, -0.2) is 0 Å². The van der Waals surface area contributed by atoms with Crippen LogP contribution in [0.2, 0.25) is 0 Å². The van der Waals surface area contributed by atoms with Gasteiger partial charge in [0.15, 0.2) is 11.5 Å². The summed E-state index contributed by atoms with van der Waals surface area (Å²) in [6.45, 7) is 6.76. The van der Waals surface area contributed by atoms with Crippen molar-refractivity contribution in [2.45, 2.75) is 39.2 Å². The van der Waals surface area contributed by atoms with Gasteiger partial charge in [0.2, 0.25) is 0 Å². The van der Waals surface area contributed by atoms with Gasteiger partial charge in [0.1, 0.15) is 0 Å². The molecule has 2 aromatic rings. The third kappa shape index (κ3) is 6.63. The van der Waals surface area contributed by atoms with Gasteiger partial charge in [-0.1, -0.05) is 38.3 Å². The van der Waals surface area contributed by atoms with Crippen LogP contribution < -0.4 is 14.4 Å². The Morgan fingerprint density at radius 3 is 2.47 bits per heavy atom. The Hall–Kier alpha value is -2.73. The molecule has 6 nitrogen and oxygen atoms in total. The number of hydrogen-bond donors (Lipinski definition) is 0. The number of amides is 1. The summed E-state index contributed by atoms with van der Waals surface area (Å²) in [5.41, 5.74) is 2.88. The Bertz CT molecular complexity index is 847. The van der Waals surface area contributed by atoms with E-state index >= 15 is 0 Å². The number of benzene rings is 2. The summed E-state index contributed by atoms with van der Waals surface area (Å²) in [5.74, 6) is 1.23. The predicted molar refractivity (Wildman–Crippen MR) is 128 cm³/mol. The average Bonchev–Trinajstić information content (AvgIpc) is 2.84. The van der Waals surface area contributed by atoms with Crippen LogP contribution in [0.3, 0.4) is 0 Å². The molecule has 0 saturated carbocycles. The first-order chi connectivity index (χ1) is 15.6. The lowest BCUT2D eigenvalue weighted by Crippen LogP contribution is -2.36. The molecule has 0 spiro atoms. The van der Waals surface area contributed by atoms with Gasteiger partial charge in [-0.2, -0.15) is 0 Å². The van der Waals surface area contributed by atoms with E-state index in [1.807, 2.05) is 19.2 Å². The second kappa shape index (κ2) is 12.3. The number of morpholine rings is 1. The van der Waals surface area contributed by atoms with Gasteiger partial charge in [-0.15, -0.1) is 0 Å². The van der Waals surface area contributed by atoms with Crippen LogP contribution in [-0.4, -0.2) is 57.9 Å². The summed E-state index contributed by atoms with van der Waals surface area (Å²) in [4.78, 5) is 17.0. The maximum Gasteiger partial charge on any atom is 0.254 e. The predicted octanol–water partition coefficient (Wildman–Crippen LogP) is 4.76. The second-order valence-electron chi connectivity index (χ2n) is 8.20.